The molecule has 0 aliphatic carbocycles. The van der Waals surface area contributed by atoms with Gasteiger partial charge < -0.3 is 10.4 Å². The summed E-state index contributed by atoms with van der Waals surface area (Å²) in [6, 6.07) is 8.38. The monoisotopic (exact) mass is 247 g/mol. The number of aliphatic carboxylic acids is 1. The summed E-state index contributed by atoms with van der Waals surface area (Å²) < 4.78 is 0. The summed E-state index contributed by atoms with van der Waals surface area (Å²) in [5.74, 6) is -0.986. The van der Waals surface area contributed by atoms with Crippen LogP contribution in [-0.4, -0.2) is 29.4 Å². The average Bonchev–Trinajstić information content (AvgIpc) is 2.39. The molecule has 0 saturated carbocycles. The smallest absolute Gasteiger partial charge is 0.303 e. The molecule has 18 heavy (non-hydrogen) atoms. The van der Waals surface area contributed by atoms with Crippen LogP contribution >= 0.6 is 0 Å². The predicted molar refractivity (Wildman–Crippen MR) is 69.6 cm³/mol. The van der Waals surface area contributed by atoms with Crippen LogP contribution in [0.5, 0.6) is 0 Å². The van der Waals surface area contributed by atoms with Gasteiger partial charge in [-0.25, -0.2) is 0 Å². The van der Waals surface area contributed by atoms with Crippen molar-refractivity contribution in [3.05, 3.63) is 48.6 Å². The first-order valence-corrected chi connectivity index (χ1v) is 5.80. The number of carbonyl (C=O) groups excluding carboxylic acids is 1. The molecular weight excluding hydrogens is 230 g/mol. The molecule has 2 N–H and O–H groups in total. The molecule has 0 aliphatic rings. The summed E-state index contributed by atoms with van der Waals surface area (Å²) in [4.78, 5) is 22.8. The molecule has 0 aliphatic heterocycles. The van der Waals surface area contributed by atoms with E-state index in [1.54, 1.807) is 30.3 Å². The molecule has 1 aromatic rings. The van der Waals surface area contributed by atoms with Crippen LogP contribution in [0.2, 0.25) is 0 Å². The van der Waals surface area contributed by atoms with Gasteiger partial charge in [0.1, 0.15) is 0 Å². The zero-order valence-corrected chi connectivity index (χ0v) is 10.1. The second-order valence-corrected chi connectivity index (χ2v) is 3.91. The third kappa shape index (κ3) is 4.51. The van der Waals surface area contributed by atoms with Crippen LogP contribution in [0.1, 0.15) is 23.2 Å². The molecule has 96 valence electrons. The van der Waals surface area contributed by atoms with Gasteiger partial charge in [-0.1, -0.05) is 36.4 Å². The van der Waals surface area contributed by atoms with Gasteiger partial charge in [-0.15, -0.1) is 6.58 Å². The fourth-order valence-electron chi connectivity index (χ4n) is 1.62. The summed E-state index contributed by atoms with van der Waals surface area (Å²) in [6.07, 6.45) is 1.89. The zero-order chi connectivity index (χ0) is 13.4. The molecule has 1 rings (SSSR count). The van der Waals surface area contributed by atoms with Crippen molar-refractivity contribution < 1.29 is 14.7 Å². The maximum Gasteiger partial charge on any atom is 0.303 e. The Kier molecular flexibility index (Phi) is 5.80. The van der Waals surface area contributed by atoms with Gasteiger partial charge in [-0.3, -0.25) is 9.59 Å². The second-order valence-electron chi connectivity index (χ2n) is 3.91. The van der Waals surface area contributed by atoms with Crippen molar-refractivity contribution in [2.24, 2.45) is 0 Å². The van der Waals surface area contributed by atoms with Crippen molar-refractivity contribution in [3.8, 4) is 0 Å². The largest absolute Gasteiger partial charge is 0.481 e. The lowest BCUT2D eigenvalue weighted by molar-refractivity contribution is -0.137. The zero-order valence-electron chi connectivity index (χ0n) is 10.1. The van der Waals surface area contributed by atoms with E-state index in [1.165, 1.54) is 0 Å². The number of carboxylic acid groups (broad SMARTS) is 1. The van der Waals surface area contributed by atoms with E-state index in [0.717, 1.165) is 0 Å². The number of hydrogen-bond acceptors (Lipinski definition) is 3. The van der Waals surface area contributed by atoms with Gasteiger partial charge in [-0.05, 0) is 6.42 Å². The van der Waals surface area contributed by atoms with Gasteiger partial charge in [0.25, 0.3) is 0 Å². The molecular formula is C14H17NO3. The molecule has 0 bridgehead atoms. The van der Waals surface area contributed by atoms with Gasteiger partial charge >= 0.3 is 5.97 Å². The Morgan fingerprint density at radius 3 is 2.56 bits per heavy atom. The summed E-state index contributed by atoms with van der Waals surface area (Å²) >= 11 is 0. The summed E-state index contributed by atoms with van der Waals surface area (Å²) in [7, 11) is 0. The Hall–Kier alpha value is -1.94. The normalized spacial score (nSPS) is 11.8. The molecule has 4 heteroatoms. The van der Waals surface area contributed by atoms with Crippen LogP contribution < -0.4 is 5.32 Å². The highest BCUT2D eigenvalue weighted by Crippen LogP contribution is 2.08. The van der Waals surface area contributed by atoms with Crippen LogP contribution in [0.25, 0.3) is 0 Å². The SMILES string of the molecule is C=CCNC(CCC(=O)O)C(=O)c1ccccc1. The highest BCUT2D eigenvalue weighted by atomic mass is 16.4. The van der Waals surface area contributed by atoms with Crippen LogP contribution in [0, 0.1) is 0 Å². The number of rotatable bonds is 8. The molecule has 0 aromatic heterocycles. The number of nitrogens with one attached hydrogen (secondary N) is 1. The van der Waals surface area contributed by atoms with Gasteiger partial charge in [-0.2, -0.15) is 0 Å². The molecule has 0 radical (unpaired) electrons. The molecule has 0 fully saturated rings. The number of benzene rings is 1. The fourth-order valence-corrected chi connectivity index (χ4v) is 1.62. The first-order valence-electron chi connectivity index (χ1n) is 5.80. The molecule has 1 atom stereocenters. The standard InChI is InChI=1S/C14H17NO3/c1-2-10-15-12(8-9-13(16)17)14(18)11-6-4-3-5-7-11/h2-7,12,15H,1,8-10H2,(H,16,17). The first kappa shape index (κ1) is 14.1. The Morgan fingerprint density at radius 2 is 2.00 bits per heavy atom. The van der Waals surface area contributed by atoms with E-state index < -0.39 is 12.0 Å². The first-order chi connectivity index (χ1) is 8.65. The van der Waals surface area contributed by atoms with Gasteiger partial charge in [0, 0.05) is 18.5 Å². The average molecular weight is 247 g/mol. The summed E-state index contributed by atoms with van der Waals surface area (Å²) in [6.45, 7) is 4.04. The number of carbonyl (C=O) groups is 2. The van der Waals surface area contributed by atoms with Crippen molar-refractivity contribution in [3.63, 3.8) is 0 Å². The molecule has 0 heterocycles. The van der Waals surface area contributed by atoms with Crippen molar-refractivity contribution in [2.45, 2.75) is 18.9 Å². The van der Waals surface area contributed by atoms with Crippen LogP contribution in [0.4, 0.5) is 0 Å². The molecule has 0 saturated heterocycles. The van der Waals surface area contributed by atoms with Crippen molar-refractivity contribution in [2.75, 3.05) is 6.54 Å². The second kappa shape index (κ2) is 7.40. The maximum absolute atomic E-state index is 12.2. The molecule has 0 amide bonds. The minimum Gasteiger partial charge on any atom is -0.481 e. The quantitative estimate of drug-likeness (QED) is 0.543. The van der Waals surface area contributed by atoms with E-state index >= 15 is 0 Å². The highest BCUT2D eigenvalue weighted by Gasteiger charge is 2.19. The van der Waals surface area contributed by atoms with E-state index in [0.29, 0.717) is 12.1 Å². The minimum atomic E-state index is -0.902. The van der Waals surface area contributed by atoms with E-state index in [-0.39, 0.29) is 18.6 Å². The van der Waals surface area contributed by atoms with E-state index in [4.69, 9.17) is 5.11 Å². The van der Waals surface area contributed by atoms with Crippen LogP contribution in [0.3, 0.4) is 0 Å². The molecule has 1 aromatic carbocycles. The number of hydrogen-bond donors (Lipinski definition) is 2. The number of carboxylic acids is 1. The lowest BCUT2D eigenvalue weighted by Crippen LogP contribution is -2.37. The van der Waals surface area contributed by atoms with Crippen LogP contribution in [-0.2, 0) is 4.79 Å². The third-order valence-electron chi connectivity index (χ3n) is 2.53. The molecule has 1 unspecified atom stereocenters. The lowest BCUT2D eigenvalue weighted by atomic mass is 10.00. The Morgan fingerprint density at radius 1 is 1.33 bits per heavy atom. The summed E-state index contributed by atoms with van der Waals surface area (Å²) in [5, 5.41) is 11.7. The van der Waals surface area contributed by atoms with E-state index in [9.17, 15) is 9.59 Å². The molecule has 4 nitrogen and oxygen atoms in total. The van der Waals surface area contributed by atoms with Crippen LogP contribution in [0.15, 0.2) is 43.0 Å². The lowest BCUT2D eigenvalue weighted by Gasteiger charge is -2.15. The highest BCUT2D eigenvalue weighted by molar-refractivity contribution is 6.00. The molecule has 0 spiro atoms. The van der Waals surface area contributed by atoms with E-state index in [1.807, 2.05) is 6.07 Å². The maximum atomic E-state index is 12.2. The van der Waals surface area contributed by atoms with Gasteiger partial charge in [0.15, 0.2) is 5.78 Å². The predicted octanol–water partition coefficient (Wildman–Crippen LogP) is 1.88. The Labute approximate surface area is 106 Å². The van der Waals surface area contributed by atoms with Crippen molar-refractivity contribution >= 4 is 11.8 Å². The number of Topliss-reactive ketones (excluding diaryl/α,β-unsaturated/α-hetero) is 1. The third-order valence-corrected chi connectivity index (χ3v) is 2.53. The fraction of sp³-hybridized carbons (Fsp3) is 0.286. The van der Waals surface area contributed by atoms with Gasteiger partial charge in [0.05, 0.1) is 6.04 Å². The van der Waals surface area contributed by atoms with Gasteiger partial charge in [0.2, 0.25) is 0 Å². The summed E-state index contributed by atoms with van der Waals surface area (Å²) in [5.41, 5.74) is 0.587. The Balaban J connectivity index is 2.71. The number of ketones is 1. The van der Waals surface area contributed by atoms with E-state index in [2.05, 4.69) is 11.9 Å². The minimum absolute atomic E-state index is 0.0343. The van der Waals surface area contributed by atoms with Crippen molar-refractivity contribution in [1.82, 2.24) is 5.32 Å². The van der Waals surface area contributed by atoms with Crippen molar-refractivity contribution in [1.29, 1.82) is 0 Å². The Bertz CT molecular complexity index is 414. The topological polar surface area (TPSA) is 66.4 Å².